The Kier molecular flexibility index (Phi) is 8.84. The molecule has 0 amide bonds. The van der Waals surface area contributed by atoms with Gasteiger partial charge in [0.2, 0.25) is 0 Å². The van der Waals surface area contributed by atoms with Gasteiger partial charge in [-0.3, -0.25) is 0 Å². The Morgan fingerprint density at radius 1 is 1.10 bits per heavy atom. The number of pyridine rings is 1. The fourth-order valence-corrected chi connectivity index (χ4v) is 24.3. The van der Waals surface area contributed by atoms with Crippen LogP contribution < -0.4 is 2.89 Å². The van der Waals surface area contributed by atoms with E-state index in [9.17, 15) is 9.59 Å². The molecule has 0 spiro atoms. The van der Waals surface area contributed by atoms with Crippen LogP contribution in [0.2, 0.25) is 13.3 Å². The number of thiazole rings is 1. The third-order valence-electron chi connectivity index (χ3n) is 6.14. The van der Waals surface area contributed by atoms with Gasteiger partial charge in [-0.1, -0.05) is 0 Å². The molecule has 7 heteroatoms. The van der Waals surface area contributed by atoms with E-state index in [-0.39, 0.29) is 5.78 Å². The number of fused-ring (bicyclic) bond motifs is 1. The third-order valence-corrected chi connectivity index (χ3v) is 25.4. The van der Waals surface area contributed by atoms with Crippen LogP contribution in [0.1, 0.15) is 86.0 Å². The second kappa shape index (κ2) is 11.4. The van der Waals surface area contributed by atoms with Crippen LogP contribution in [0.3, 0.4) is 0 Å². The SMILES string of the molecule is CCC[CH2][Sn]([CH2]CCC)([CH2]CCC)[c]1cn2c(C=O)nc(C(=O)c3cccnc3)c2s1. The fraction of sp³-hybridized carbons (Fsp3) is 0.500. The van der Waals surface area contributed by atoms with Crippen LogP contribution in [-0.4, -0.2) is 44.8 Å². The van der Waals surface area contributed by atoms with Crippen LogP contribution in [0.4, 0.5) is 0 Å². The molecule has 31 heavy (non-hydrogen) atoms. The van der Waals surface area contributed by atoms with Crippen molar-refractivity contribution in [1.29, 1.82) is 0 Å². The molecule has 0 aliphatic carbocycles. The minimum atomic E-state index is -2.66. The van der Waals surface area contributed by atoms with Gasteiger partial charge in [-0.2, -0.15) is 0 Å². The van der Waals surface area contributed by atoms with E-state index in [2.05, 4.69) is 36.9 Å². The molecule has 0 radical (unpaired) electrons. The Morgan fingerprint density at radius 3 is 2.26 bits per heavy atom. The van der Waals surface area contributed by atoms with E-state index in [1.807, 2.05) is 4.40 Å². The van der Waals surface area contributed by atoms with Gasteiger partial charge in [-0.15, -0.1) is 0 Å². The first kappa shape index (κ1) is 24.1. The zero-order chi connectivity index (χ0) is 22.3. The first-order valence-corrected chi connectivity index (χ1v) is 19.8. The van der Waals surface area contributed by atoms with Gasteiger partial charge in [0.25, 0.3) is 0 Å². The average molecular weight is 546 g/mol. The van der Waals surface area contributed by atoms with E-state index in [0.717, 1.165) is 11.1 Å². The zero-order valence-electron chi connectivity index (χ0n) is 18.9. The topological polar surface area (TPSA) is 64.3 Å². The van der Waals surface area contributed by atoms with Crippen LogP contribution in [0.25, 0.3) is 4.83 Å². The van der Waals surface area contributed by atoms with Crippen molar-refractivity contribution < 1.29 is 9.59 Å². The Morgan fingerprint density at radius 2 is 1.74 bits per heavy atom. The second-order valence-electron chi connectivity index (χ2n) is 8.37. The molecule has 0 aromatic carbocycles. The van der Waals surface area contributed by atoms with Crippen molar-refractivity contribution in [3.05, 3.63) is 47.8 Å². The summed E-state index contributed by atoms with van der Waals surface area (Å²) in [6.45, 7) is 6.82. The van der Waals surface area contributed by atoms with Gasteiger partial charge in [-0.25, -0.2) is 0 Å². The summed E-state index contributed by atoms with van der Waals surface area (Å²) in [6, 6.07) is 3.51. The molecule has 3 aromatic heterocycles. The molecule has 0 aliphatic rings. The Balaban J connectivity index is 2.12. The number of aldehydes is 1. The molecule has 5 nitrogen and oxygen atoms in total. The number of rotatable bonds is 13. The summed E-state index contributed by atoms with van der Waals surface area (Å²) < 4.78 is 7.43. The number of hydrogen-bond donors (Lipinski definition) is 0. The van der Waals surface area contributed by atoms with Crippen LogP contribution in [0.5, 0.6) is 0 Å². The molecule has 0 saturated carbocycles. The molecule has 166 valence electrons. The number of imidazole rings is 1. The number of aromatic nitrogens is 3. The van der Waals surface area contributed by atoms with Crippen molar-refractivity contribution in [2.45, 2.75) is 72.6 Å². The second-order valence-corrected chi connectivity index (χ2v) is 23.6. The monoisotopic (exact) mass is 547 g/mol. The Labute approximate surface area is 193 Å². The molecule has 0 bridgehead atoms. The van der Waals surface area contributed by atoms with Crippen LogP contribution in [-0.2, 0) is 0 Å². The van der Waals surface area contributed by atoms with E-state index >= 15 is 0 Å². The minimum absolute atomic E-state index is 0.163. The number of nitrogens with zero attached hydrogens (tertiary/aromatic N) is 3. The maximum atomic E-state index is 13.2. The summed E-state index contributed by atoms with van der Waals surface area (Å²) in [6.07, 6.45) is 13.6. The van der Waals surface area contributed by atoms with E-state index in [1.54, 1.807) is 35.9 Å². The average Bonchev–Trinajstić information content (AvgIpc) is 3.39. The van der Waals surface area contributed by atoms with Gasteiger partial charge < -0.3 is 0 Å². The van der Waals surface area contributed by atoms with E-state index < -0.39 is 18.4 Å². The molecule has 3 aromatic rings. The van der Waals surface area contributed by atoms with Crippen molar-refractivity contribution >= 4 is 49.5 Å². The van der Waals surface area contributed by atoms with Crippen molar-refractivity contribution in [1.82, 2.24) is 14.4 Å². The summed E-state index contributed by atoms with van der Waals surface area (Å²) in [7, 11) is 0. The quantitative estimate of drug-likeness (QED) is 0.152. The van der Waals surface area contributed by atoms with Crippen molar-refractivity contribution in [3.8, 4) is 0 Å². The zero-order valence-corrected chi connectivity index (χ0v) is 22.6. The normalized spacial score (nSPS) is 11.8. The summed E-state index contributed by atoms with van der Waals surface area (Å²) in [5.74, 6) is 0.162. The summed E-state index contributed by atoms with van der Waals surface area (Å²) in [5.41, 5.74) is 0.889. The van der Waals surface area contributed by atoms with Crippen molar-refractivity contribution in [2.24, 2.45) is 0 Å². The van der Waals surface area contributed by atoms with Crippen molar-refractivity contribution in [3.63, 3.8) is 0 Å². The molecule has 0 fully saturated rings. The molecule has 0 unspecified atom stereocenters. The third kappa shape index (κ3) is 5.27. The molecule has 0 aliphatic heterocycles. The summed E-state index contributed by atoms with van der Waals surface area (Å²) >= 11 is -0.921. The predicted octanol–water partition coefficient (Wildman–Crippen LogP) is 5.89. The number of unbranched alkanes of at least 4 members (excludes halogenated alkanes) is 3. The standard InChI is InChI=1S/C12H6N3O2S.3C4H9.Sn/c16-7-9-14-10(12-15(9)4-5-18-12)11(17)8-2-1-3-13-6-8;3*1-3-4-2;/h1-4,6-7H;3*1,3-4H2,2H3;. The van der Waals surface area contributed by atoms with Gasteiger partial charge in [-0.05, 0) is 0 Å². The fourth-order valence-electron chi connectivity index (χ4n) is 4.30. The van der Waals surface area contributed by atoms with Crippen LogP contribution >= 0.6 is 11.3 Å². The molecule has 3 heterocycles. The first-order chi connectivity index (χ1) is 15.1. The van der Waals surface area contributed by atoms with Crippen LogP contribution in [0.15, 0.2) is 30.7 Å². The van der Waals surface area contributed by atoms with Crippen molar-refractivity contribution in [2.75, 3.05) is 0 Å². The summed E-state index contributed by atoms with van der Waals surface area (Å²) in [4.78, 5) is 34.2. The molecule has 0 atom stereocenters. The molecule has 0 saturated heterocycles. The van der Waals surface area contributed by atoms with Gasteiger partial charge in [0.05, 0.1) is 0 Å². The molecular weight excluding hydrogens is 513 g/mol. The molecule has 0 N–H and O–H groups in total. The molecule has 3 rings (SSSR count). The van der Waals surface area contributed by atoms with E-state index in [4.69, 9.17) is 0 Å². The number of hydrogen-bond acceptors (Lipinski definition) is 5. The first-order valence-electron chi connectivity index (χ1n) is 11.5. The maximum absolute atomic E-state index is 13.2. The Hall–Kier alpha value is -1.54. The number of carbonyl (C=O) groups excluding carboxylic acids is 2. The van der Waals surface area contributed by atoms with Crippen LogP contribution in [0, 0.1) is 0 Å². The summed E-state index contributed by atoms with van der Waals surface area (Å²) in [5, 5.41) is 0. The van der Waals surface area contributed by atoms with Gasteiger partial charge in [0.15, 0.2) is 0 Å². The van der Waals surface area contributed by atoms with Gasteiger partial charge in [0, 0.05) is 0 Å². The van der Waals surface area contributed by atoms with Gasteiger partial charge in [0.1, 0.15) is 0 Å². The van der Waals surface area contributed by atoms with Gasteiger partial charge >= 0.3 is 194 Å². The Bertz CT molecular complexity index is 991. The predicted molar refractivity (Wildman–Crippen MR) is 131 cm³/mol. The van der Waals surface area contributed by atoms with E-state index in [1.165, 1.54) is 54.7 Å². The molecular formula is C24H33N3O2SSn. The number of carbonyl (C=O) groups is 2. The number of ketones is 1. The van der Waals surface area contributed by atoms with E-state index in [0.29, 0.717) is 17.1 Å².